The fraction of sp³-hybridized carbons (Fsp3) is 0.800. The molecule has 0 spiro atoms. The maximum Gasteiger partial charge on any atom is 0.159 e. The van der Waals surface area contributed by atoms with Crippen molar-refractivity contribution >= 4 is 5.78 Å². The van der Waals surface area contributed by atoms with Gasteiger partial charge in [0.2, 0.25) is 0 Å². The van der Waals surface area contributed by atoms with Gasteiger partial charge in [-0.2, -0.15) is 0 Å². The van der Waals surface area contributed by atoms with Crippen molar-refractivity contribution < 1.29 is 9.90 Å². The molecule has 1 N–H and O–H groups in total. The van der Waals surface area contributed by atoms with Crippen LogP contribution in [0.1, 0.15) is 53.4 Å². The molecule has 2 rings (SSSR count). The van der Waals surface area contributed by atoms with E-state index >= 15 is 0 Å². The fourth-order valence-electron chi connectivity index (χ4n) is 3.77. The van der Waals surface area contributed by atoms with Gasteiger partial charge in [-0.05, 0) is 55.9 Å². The number of hydrogen-bond donors (Lipinski definition) is 1. The Hall–Kier alpha value is -0.630. The molecule has 2 heteroatoms. The summed E-state index contributed by atoms with van der Waals surface area (Å²) in [4.78, 5) is 12.2. The third-order valence-electron chi connectivity index (χ3n) is 5.08. The lowest BCUT2D eigenvalue weighted by molar-refractivity contribution is -0.126. The van der Waals surface area contributed by atoms with Crippen molar-refractivity contribution in [2.24, 2.45) is 17.3 Å². The van der Waals surface area contributed by atoms with Crippen LogP contribution in [0.3, 0.4) is 0 Å². The highest BCUT2D eigenvalue weighted by Crippen LogP contribution is 2.53. The van der Waals surface area contributed by atoms with Gasteiger partial charge < -0.3 is 5.11 Å². The normalized spacial score (nSPS) is 42.3. The van der Waals surface area contributed by atoms with Crippen LogP contribution in [0.25, 0.3) is 0 Å². The van der Waals surface area contributed by atoms with E-state index in [4.69, 9.17) is 0 Å². The third-order valence-corrected chi connectivity index (χ3v) is 5.08. The Morgan fingerprint density at radius 1 is 1.41 bits per heavy atom. The molecule has 2 saturated carbocycles. The van der Waals surface area contributed by atoms with Crippen molar-refractivity contribution in [2.75, 3.05) is 0 Å². The van der Waals surface area contributed by atoms with Gasteiger partial charge in [0.25, 0.3) is 0 Å². The van der Waals surface area contributed by atoms with E-state index in [1.807, 2.05) is 13.8 Å². The van der Waals surface area contributed by atoms with Crippen LogP contribution in [0.15, 0.2) is 11.1 Å². The van der Waals surface area contributed by atoms with Gasteiger partial charge in [-0.1, -0.05) is 19.4 Å². The van der Waals surface area contributed by atoms with Crippen molar-refractivity contribution in [1.82, 2.24) is 0 Å². The van der Waals surface area contributed by atoms with E-state index in [2.05, 4.69) is 13.8 Å². The molecule has 0 bridgehead atoms. The predicted molar refractivity (Wildman–Crippen MR) is 68.6 cm³/mol. The van der Waals surface area contributed by atoms with Crippen LogP contribution in [0.2, 0.25) is 0 Å². The van der Waals surface area contributed by atoms with E-state index < -0.39 is 0 Å². The van der Waals surface area contributed by atoms with E-state index in [9.17, 15) is 9.90 Å². The number of rotatable bonds is 0. The SMILES string of the molecule is CC(C)=C1C[C@H]2[C@H](C)C(O)CC[C@]2(C)CC1=O. The van der Waals surface area contributed by atoms with E-state index in [0.717, 1.165) is 30.4 Å². The lowest BCUT2D eigenvalue weighted by atomic mass is 9.55. The van der Waals surface area contributed by atoms with Gasteiger partial charge in [0, 0.05) is 6.42 Å². The second-order valence-corrected chi connectivity index (χ2v) is 6.51. The highest BCUT2D eigenvalue weighted by molar-refractivity contribution is 5.97. The van der Waals surface area contributed by atoms with Crippen molar-refractivity contribution in [3.05, 3.63) is 11.1 Å². The number of hydrogen-bond acceptors (Lipinski definition) is 2. The largest absolute Gasteiger partial charge is 0.393 e. The molecule has 0 aromatic rings. The summed E-state index contributed by atoms with van der Waals surface area (Å²) in [7, 11) is 0. The van der Waals surface area contributed by atoms with Gasteiger partial charge in [0.15, 0.2) is 5.78 Å². The lowest BCUT2D eigenvalue weighted by Crippen LogP contribution is -2.47. The van der Waals surface area contributed by atoms with Crippen molar-refractivity contribution in [3.63, 3.8) is 0 Å². The molecule has 0 heterocycles. The fourth-order valence-corrected chi connectivity index (χ4v) is 3.77. The molecule has 4 atom stereocenters. The smallest absolute Gasteiger partial charge is 0.159 e. The van der Waals surface area contributed by atoms with Crippen molar-refractivity contribution in [3.8, 4) is 0 Å². The predicted octanol–water partition coefficient (Wildman–Crippen LogP) is 3.10. The first kappa shape index (κ1) is 12.8. The maximum atomic E-state index is 12.2. The number of allylic oxidation sites excluding steroid dienone is 2. The van der Waals surface area contributed by atoms with Gasteiger partial charge in [-0.3, -0.25) is 4.79 Å². The highest BCUT2D eigenvalue weighted by atomic mass is 16.3. The molecular formula is C15H24O2. The summed E-state index contributed by atoms with van der Waals surface area (Å²) < 4.78 is 0. The molecule has 0 radical (unpaired) electrons. The van der Waals surface area contributed by atoms with Gasteiger partial charge in [-0.25, -0.2) is 0 Å². The van der Waals surface area contributed by atoms with E-state index in [1.54, 1.807) is 0 Å². The molecule has 0 aromatic carbocycles. The Morgan fingerprint density at radius 2 is 2.06 bits per heavy atom. The third kappa shape index (κ3) is 2.08. The van der Waals surface area contributed by atoms with Crippen LogP contribution in [0.4, 0.5) is 0 Å². The first-order valence-electron chi connectivity index (χ1n) is 6.73. The van der Waals surface area contributed by atoms with Crippen LogP contribution in [0, 0.1) is 17.3 Å². The van der Waals surface area contributed by atoms with Crippen LogP contribution < -0.4 is 0 Å². The summed E-state index contributed by atoms with van der Waals surface area (Å²) in [6.07, 6.45) is 3.21. The monoisotopic (exact) mass is 236 g/mol. The minimum atomic E-state index is -0.181. The average Bonchev–Trinajstić information content (AvgIpc) is 2.23. The van der Waals surface area contributed by atoms with Crippen molar-refractivity contribution in [1.29, 1.82) is 0 Å². The zero-order valence-electron chi connectivity index (χ0n) is 11.4. The van der Waals surface area contributed by atoms with Crippen molar-refractivity contribution in [2.45, 2.75) is 59.5 Å². The van der Waals surface area contributed by atoms with E-state index in [1.165, 1.54) is 0 Å². The Kier molecular flexibility index (Phi) is 3.19. The second kappa shape index (κ2) is 4.24. The molecule has 17 heavy (non-hydrogen) atoms. The maximum absolute atomic E-state index is 12.2. The molecule has 2 aliphatic carbocycles. The van der Waals surface area contributed by atoms with Gasteiger partial charge >= 0.3 is 0 Å². The first-order chi connectivity index (χ1) is 7.85. The lowest BCUT2D eigenvalue weighted by Gasteiger charge is -2.50. The van der Waals surface area contributed by atoms with Gasteiger partial charge in [-0.15, -0.1) is 0 Å². The molecule has 0 aliphatic heterocycles. The van der Waals surface area contributed by atoms with Gasteiger partial charge in [0.1, 0.15) is 0 Å². The zero-order chi connectivity index (χ0) is 12.8. The summed E-state index contributed by atoms with van der Waals surface area (Å²) in [5.74, 6) is 1.12. The summed E-state index contributed by atoms with van der Waals surface area (Å²) in [5, 5.41) is 10.0. The molecule has 0 aromatic heterocycles. The standard InChI is InChI=1S/C15H24O2/c1-9(2)11-7-12-10(3)13(16)5-6-15(12,4)8-14(11)17/h10,12-13,16H,5-8H2,1-4H3/t10-,12-,13?,15+/m0/s1. The summed E-state index contributed by atoms with van der Waals surface area (Å²) in [6.45, 7) is 8.44. The van der Waals surface area contributed by atoms with Crippen LogP contribution >= 0.6 is 0 Å². The van der Waals surface area contributed by atoms with Gasteiger partial charge in [0.05, 0.1) is 6.10 Å². The number of ketones is 1. The van der Waals surface area contributed by atoms with E-state index in [0.29, 0.717) is 24.0 Å². The van der Waals surface area contributed by atoms with Crippen LogP contribution in [-0.4, -0.2) is 17.0 Å². The summed E-state index contributed by atoms with van der Waals surface area (Å²) >= 11 is 0. The molecular weight excluding hydrogens is 212 g/mol. The van der Waals surface area contributed by atoms with Crippen LogP contribution in [-0.2, 0) is 4.79 Å². The van der Waals surface area contributed by atoms with E-state index in [-0.39, 0.29) is 11.5 Å². The molecule has 0 amide bonds. The highest BCUT2D eigenvalue weighted by Gasteiger charge is 2.48. The Bertz CT molecular complexity index is 365. The first-order valence-corrected chi connectivity index (χ1v) is 6.73. The molecule has 0 saturated heterocycles. The number of carbonyl (C=O) groups excluding carboxylic acids is 1. The Labute approximate surface area is 104 Å². The molecule has 1 unspecified atom stereocenters. The molecule has 96 valence electrons. The number of Topliss-reactive ketones (excluding diaryl/α,β-unsaturated/α-hetero) is 1. The molecule has 2 nitrogen and oxygen atoms in total. The zero-order valence-corrected chi connectivity index (χ0v) is 11.4. The molecule has 2 fully saturated rings. The minimum Gasteiger partial charge on any atom is -0.393 e. The molecule has 2 aliphatic rings. The number of fused-ring (bicyclic) bond motifs is 1. The second-order valence-electron chi connectivity index (χ2n) is 6.51. The summed E-state index contributed by atoms with van der Waals surface area (Å²) in [5.41, 5.74) is 2.30. The topological polar surface area (TPSA) is 37.3 Å². The van der Waals surface area contributed by atoms with Crippen LogP contribution in [0.5, 0.6) is 0 Å². The average molecular weight is 236 g/mol. The number of aliphatic hydroxyl groups excluding tert-OH is 1. The number of carbonyl (C=O) groups is 1. The quantitative estimate of drug-likeness (QED) is 0.656. The summed E-state index contributed by atoms with van der Waals surface area (Å²) in [6, 6.07) is 0. The Morgan fingerprint density at radius 3 is 2.65 bits per heavy atom. The Balaban J connectivity index is 2.32. The number of aliphatic hydroxyl groups is 1. The minimum absolute atomic E-state index is 0.120.